The van der Waals surface area contributed by atoms with Crippen LogP contribution in [0.25, 0.3) is 0 Å². The molecular formula is C15H19ClN2O. The van der Waals surface area contributed by atoms with E-state index in [2.05, 4.69) is 0 Å². The molecule has 2 aliphatic rings. The van der Waals surface area contributed by atoms with Crippen molar-refractivity contribution in [3.63, 3.8) is 0 Å². The zero-order valence-corrected chi connectivity index (χ0v) is 11.9. The van der Waals surface area contributed by atoms with E-state index in [1.165, 1.54) is 0 Å². The first-order valence-corrected chi connectivity index (χ1v) is 7.28. The van der Waals surface area contributed by atoms with E-state index in [-0.39, 0.29) is 11.9 Å². The Bertz CT molecular complexity index is 503. The molecule has 1 aromatic carbocycles. The van der Waals surface area contributed by atoms with Crippen molar-refractivity contribution in [2.75, 3.05) is 0 Å². The number of aryl methyl sites for hydroxylation is 1. The van der Waals surface area contributed by atoms with Crippen molar-refractivity contribution in [2.45, 2.75) is 50.7 Å². The first-order valence-electron chi connectivity index (χ1n) is 6.90. The van der Waals surface area contributed by atoms with Gasteiger partial charge >= 0.3 is 0 Å². The number of halogens is 1. The predicted octanol–water partition coefficient (Wildman–Crippen LogP) is 2.74. The molecule has 1 amide bonds. The minimum atomic E-state index is 0.0735. The summed E-state index contributed by atoms with van der Waals surface area (Å²) < 4.78 is 0. The van der Waals surface area contributed by atoms with Gasteiger partial charge in [0.2, 0.25) is 0 Å². The first-order chi connectivity index (χ1) is 9.06. The highest BCUT2D eigenvalue weighted by Crippen LogP contribution is 2.37. The summed E-state index contributed by atoms with van der Waals surface area (Å²) in [5, 5.41) is 0.555. The Morgan fingerprint density at radius 1 is 1.32 bits per heavy atom. The Balaban J connectivity index is 1.88. The van der Waals surface area contributed by atoms with E-state index in [0.29, 0.717) is 22.7 Å². The monoisotopic (exact) mass is 278 g/mol. The van der Waals surface area contributed by atoms with Crippen LogP contribution in [-0.4, -0.2) is 28.9 Å². The van der Waals surface area contributed by atoms with Crippen LogP contribution in [0.4, 0.5) is 0 Å². The largest absolute Gasteiger partial charge is 0.333 e. The average Bonchev–Trinajstić information content (AvgIpc) is 2.61. The highest BCUT2D eigenvalue weighted by Gasteiger charge is 2.42. The Hall–Kier alpha value is -1.06. The molecule has 2 fully saturated rings. The number of piperidine rings is 1. The average molecular weight is 279 g/mol. The van der Waals surface area contributed by atoms with Crippen molar-refractivity contribution in [1.82, 2.24) is 4.90 Å². The quantitative estimate of drug-likeness (QED) is 0.859. The molecule has 4 heteroatoms. The van der Waals surface area contributed by atoms with E-state index in [9.17, 15) is 4.79 Å². The van der Waals surface area contributed by atoms with Crippen molar-refractivity contribution < 1.29 is 4.79 Å². The normalized spacial score (nSPS) is 29.6. The fourth-order valence-electron chi connectivity index (χ4n) is 3.48. The third kappa shape index (κ3) is 2.26. The number of hydrogen-bond acceptors (Lipinski definition) is 2. The Morgan fingerprint density at radius 3 is 2.53 bits per heavy atom. The van der Waals surface area contributed by atoms with Gasteiger partial charge in [0.25, 0.3) is 5.91 Å². The lowest BCUT2D eigenvalue weighted by Gasteiger charge is -2.38. The van der Waals surface area contributed by atoms with Gasteiger partial charge in [0.1, 0.15) is 0 Å². The molecular weight excluding hydrogens is 260 g/mol. The SMILES string of the molecule is Cc1ccc(C(=O)N2C3CCC2CC(N)C3)c(Cl)c1. The molecule has 19 heavy (non-hydrogen) atoms. The molecule has 2 bridgehead atoms. The van der Waals surface area contributed by atoms with Gasteiger partial charge in [-0.05, 0) is 50.3 Å². The van der Waals surface area contributed by atoms with Crippen LogP contribution >= 0.6 is 11.6 Å². The smallest absolute Gasteiger partial charge is 0.255 e. The van der Waals surface area contributed by atoms with Crippen molar-refractivity contribution in [3.05, 3.63) is 34.3 Å². The maximum Gasteiger partial charge on any atom is 0.255 e. The molecule has 102 valence electrons. The molecule has 0 spiro atoms. The van der Waals surface area contributed by atoms with E-state index in [1.54, 1.807) is 0 Å². The molecule has 2 atom stereocenters. The topological polar surface area (TPSA) is 46.3 Å². The third-order valence-electron chi connectivity index (χ3n) is 4.36. The second kappa shape index (κ2) is 4.80. The Labute approximate surface area is 118 Å². The summed E-state index contributed by atoms with van der Waals surface area (Å²) in [6, 6.07) is 6.49. The van der Waals surface area contributed by atoms with Crippen molar-refractivity contribution in [2.24, 2.45) is 5.73 Å². The second-order valence-corrected chi connectivity index (χ2v) is 6.22. The van der Waals surface area contributed by atoms with Crippen LogP contribution in [-0.2, 0) is 0 Å². The molecule has 2 unspecified atom stereocenters. The summed E-state index contributed by atoms with van der Waals surface area (Å²) in [5.74, 6) is 0.0735. The maximum absolute atomic E-state index is 12.7. The van der Waals surface area contributed by atoms with Gasteiger partial charge in [-0.1, -0.05) is 17.7 Å². The standard InChI is InChI=1S/C15H19ClN2O/c1-9-2-5-13(14(16)6-9)15(19)18-11-3-4-12(18)8-10(17)7-11/h2,5-6,10-12H,3-4,7-8,17H2,1H3. The number of nitrogens with zero attached hydrogens (tertiary/aromatic N) is 1. The highest BCUT2D eigenvalue weighted by atomic mass is 35.5. The first kappa shape index (κ1) is 12.9. The summed E-state index contributed by atoms with van der Waals surface area (Å²) in [6.07, 6.45) is 4.00. The van der Waals surface area contributed by atoms with Crippen LogP contribution in [0, 0.1) is 6.92 Å². The summed E-state index contributed by atoms with van der Waals surface area (Å²) in [6.45, 7) is 1.98. The van der Waals surface area contributed by atoms with Gasteiger partial charge in [-0.3, -0.25) is 4.79 Å². The fraction of sp³-hybridized carbons (Fsp3) is 0.533. The van der Waals surface area contributed by atoms with Crippen LogP contribution < -0.4 is 5.73 Å². The van der Waals surface area contributed by atoms with E-state index in [0.717, 1.165) is 31.2 Å². The van der Waals surface area contributed by atoms with E-state index < -0.39 is 0 Å². The molecule has 2 aliphatic heterocycles. The summed E-state index contributed by atoms with van der Waals surface area (Å²) in [7, 11) is 0. The number of carbonyl (C=O) groups is 1. The van der Waals surface area contributed by atoms with E-state index in [1.807, 2.05) is 30.0 Å². The molecule has 3 rings (SSSR count). The van der Waals surface area contributed by atoms with Gasteiger partial charge in [0, 0.05) is 18.1 Å². The molecule has 2 saturated heterocycles. The molecule has 0 radical (unpaired) electrons. The number of fused-ring (bicyclic) bond motifs is 2. The molecule has 2 N–H and O–H groups in total. The van der Waals surface area contributed by atoms with Gasteiger partial charge < -0.3 is 10.6 Å². The molecule has 3 nitrogen and oxygen atoms in total. The lowest BCUT2D eigenvalue weighted by atomic mass is 9.97. The Morgan fingerprint density at radius 2 is 1.95 bits per heavy atom. The minimum Gasteiger partial charge on any atom is -0.333 e. The number of carbonyl (C=O) groups excluding carboxylic acids is 1. The van der Waals surface area contributed by atoms with E-state index in [4.69, 9.17) is 17.3 Å². The van der Waals surface area contributed by atoms with Gasteiger partial charge in [-0.2, -0.15) is 0 Å². The van der Waals surface area contributed by atoms with Crippen LogP contribution in [0.1, 0.15) is 41.6 Å². The van der Waals surface area contributed by atoms with Crippen molar-refractivity contribution >= 4 is 17.5 Å². The van der Waals surface area contributed by atoms with Gasteiger partial charge in [0.05, 0.1) is 10.6 Å². The Kier molecular flexibility index (Phi) is 3.27. The van der Waals surface area contributed by atoms with Gasteiger partial charge in [-0.25, -0.2) is 0 Å². The van der Waals surface area contributed by atoms with Crippen LogP contribution in [0.15, 0.2) is 18.2 Å². The number of benzene rings is 1. The second-order valence-electron chi connectivity index (χ2n) is 5.81. The highest BCUT2D eigenvalue weighted by molar-refractivity contribution is 6.33. The molecule has 0 aromatic heterocycles. The zero-order valence-electron chi connectivity index (χ0n) is 11.1. The summed E-state index contributed by atoms with van der Waals surface area (Å²) in [5.41, 5.74) is 7.74. The molecule has 0 aliphatic carbocycles. The summed E-state index contributed by atoms with van der Waals surface area (Å²) >= 11 is 6.22. The van der Waals surface area contributed by atoms with E-state index >= 15 is 0 Å². The molecule has 2 heterocycles. The zero-order chi connectivity index (χ0) is 13.6. The number of hydrogen-bond donors (Lipinski definition) is 1. The number of rotatable bonds is 1. The third-order valence-corrected chi connectivity index (χ3v) is 4.67. The van der Waals surface area contributed by atoms with Crippen molar-refractivity contribution in [3.8, 4) is 0 Å². The summed E-state index contributed by atoms with van der Waals surface area (Å²) in [4.78, 5) is 14.7. The van der Waals surface area contributed by atoms with Gasteiger partial charge in [-0.15, -0.1) is 0 Å². The lowest BCUT2D eigenvalue weighted by Crippen LogP contribution is -2.50. The minimum absolute atomic E-state index is 0.0735. The van der Waals surface area contributed by atoms with Crippen LogP contribution in [0.5, 0.6) is 0 Å². The van der Waals surface area contributed by atoms with Crippen LogP contribution in [0.3, 0.4) is 0 Å². The molecule has 1 aromatic rings. The fourth-order valence-corrected chi connectivity index (χ4v) is 3.80. The van der Waals surface area contributed by atoms with Crippen molar-refractivity contribution in [1.29, 1.82) is 0 Å². The maximum atomic E-state index is 12.7. The number of nitrogens with two attached hydrogens (primary N) is 1. The number of amides is 1. The molecule has 0 saturated carbocycles. The van der Waals surface area contributed by atoms with Crippen LogP contribution in [0.2, 0.25) is 5.02 Å². The van der Waals surface area contributed by atoms with Gasteiger partial charge in [0.15, 0.2) is 0 Å². The predicted molar refractivity (Wildman–Crippen MR) is 76.4 cm³/mol. The lowest BCUT2D eigenvalue weighted by molar-refractivity contribution is 0.0575.